The van der Waals surface area contributed by atoms with E-state index in [9.17, 15) is 5.11 Å². The third kappa shape index (κ3) is 3.69. The molecule has 1 saturated heterocycles. The molecular formula is C14H20BrNO3. The highest BCUT2D eigenvalue weighted by atomic mass is 79.9. The molecule has 0 bridgehead atoms. The number of rotatable bonds is 5. The quantitative estimate of drug-likeness (QED) is 0.870. The lowest BCUT2D eigenvalue weighted by Gasteiger charge is -2.24. The highest BCUT2D eigenvalue weighted by molar-refractivity contribution is 9.10. The van der Waals surface area contributed by atoms with Crippen LogP contribution in [0.3, 0.4) is 0 Å². The largest absolute Gasteiger partial charge is 0.497 e. The first kappa shape index (κ1) is 14.8. The Labute approximate surface area is 122 Å². The van der Waals surface area contributed by atoms with Crippen molar-refractivity contribution in [3.63, 3.8) is 0 Å². The second kappa shape index (κ2) is 6.22. The van der Waals surface area contributed by atoms with Gasteiger partial charge in [-0.3, -0.25) is 0 Å². The SMILES string of the molecule is COc1ccc(C(C)NCC2(O)CCOC2)c(Br)c1. The molecule has 5 heteroatoms. The Bertz CT molecular complexity index is 433. The zero-order chi connectivity index (χ0) is 13.9. The molecule has 1 fully saturated rings. The molecular weight excluding hydrogens is 310 g/mol. The summed E-state index contributed by atoms with van der Waals surface area (Å²) in [6.45, 7) is 3.66. The van der Waals surface area contributed by atoms with Gasteiger partial charge in [-0.2, -0.15) is 0 Å². The topological polar surface area (TPSA) is 50.7 Å². The molecule has 1 aliphatic rings. The summed E-state index contributed by atoms with van der Waals surface area (Å²) >= 11 is 3.55. The monoisotopic (exact) mass is 329 g/mol. The molecule has 0 saturated carbocycles. The maximum Gasteiger partial charge on any atom is 0.120 e. The lowest BCUT2D eigenvalue weighted by molar-refractivity contribution is 0.0252. The number of methoxy groups -OCH3 is 1. The Morgan fingerprint density at radius 2 is 2.37 bits per heavy atom. The Morgan fingerprint density at radius 1 is 1.58 bits per heavy atom. The van der Waals surface area contributed by atoms with Crippen LogP contribution in [0.25, 0.3) is 0 Å². The van der Waals surface area contributed by atoms with Crippen molar-refractivity contribution in [2.75, 3.05) is 26.9 Å². The molecule has 1 heterocycles. The second-order valence-electron chi connectivity index (χ2n) is 5.02. The van der Waals surface area contributed by atoms with Gasteiger partial charge in [-0.05, 0) is 24.6 Å². The van der Waals surface area contributed by atoms with Gasteiger partial charge >= 0.3 is 0 Å². The van der Waals surface area contributed by atoms with Crippen molar-refractivity contribution in [2.45, 2.75) is 25.0 Å². The molecule has 1 aromatic rings. The van der Waals surface area contributed by atoms with Crippen LogP contribution in [0, 0.1) is 0 Å². The van der Waals surface area contributed by atoms with Gasteiger partial charge in [0.1, 0.15) is 11.4 Å². The molecule has 2 atom stereocenters. The number of aliphatic hydroxyl groups is 1. The molecule has 0 radical (unpaired) electrons. The average Bonchev–Trinajstić information content (AvgIpc) is 2.83. The molecule has 19 heavy (non-hydrogen) atoms. The van der Waals surface area contributed by atoms with E-state index in [0.29, 0.717) is 26.2 Å². The van der Waals surface area contributed by atoms with Crippen LogP contribution < -0.4 is 10.1 Å². The highest BCUT2D eigenvalue weighted by Gasteiger charge is 2.32. The van der Waals surface area contributed by atoms with Gasteiger partial charge in [0.2, 0.25) is 0 Å². The van der Waals surface area contributed by atoms with Crippen molar-refractivity contribution >= 4 is 15.9 Å². The molecule has 1 aliphatic heterocycles. The maximum absolute atomic E-state index is 10.2. The molecule has 0 amide bonds. The van der Waals surface area contributed by atoms with E-state index in [-0.39, 0.29) is 6.04 Å². The summed E-state index contributed by atoms with van der Waals surface area (Å²) in [4.78, 5) is 0. The van der Waals surface area contributed by atoms with Crippen LogP contribution in [0.4, 0.5) is 0 Å². The third-order valence-electron chi connectivity index (χ3n) is 3.49. The molecule has 1 aromatic carbocycles. The normalized spacial score (nSPS) is 24.4. The number of halogens is 1. The molecule has 4 nitrogen and oxygen atoms in total. The van der Waals surface area contributed by atoms with Crippen molar-refractivity contribution in [1.29, 1.82) is 0 Å². The Morgan fingerprint density at radius 3 is 2.95 bits per heavy atom. The molecule has 0 aromatic heterocycles. The summed E-state index contributed by atoms with van der Waals surface area (Å²) in [5.74, 6) is 0.825. The number of hydrogen-bond acceptors (Lipinski definition) is 4. The van der Waals surface area contributed by atoms with E-state index in [2.05, 4.69) is 28.2 Å². The minimum absolute atomic E-state index is 0.143. The summed E-state index contributed by atoms with van der Waals surface area (Å²) in [6.07, 6.45) is 0.691. The summed E-state index contributed by atoms with van der Waals surface area (Å²) in [7, 11) is 1.65. The Balaban J connectivity index is 1.97. The van der Waals surface area contributed by atoms with Crippen LogP contribution in [-0.4, -0.2) is 37.6 Å². The zero-order valence-electron chi connectivity index (χ0n) is 11.3. The van der Waals surface area contributed by atoms with Crippen LogP contribution in [-0.2, 0) is 4.74 Å². The predicted molar refractivity (Wildman–Crippen MR) is 77.5 cm³/mol. The van der Waals surface area contributed by atoms with Gasteiger partial charge in [0, 0.05) is 30.1 Å². The van der Waals surface area contributed by atoms with E-state index in [1.165, 1.54) is 0 Å². The van der Waals surface area contributed by atoms with Crippen LogP contribution in [0.5, 0.6) is 5.75 Å². The van der Waals surface area contributed by atoms with E-state index in [1.807, 2.05) is 18.2 Å². The number of ether oxygens (including phenoxy) is 2. The smallest absolute Gasteiger partial charge is 0.120 e. The van der Waals surface area contributed by atoms with Gasteiger partial charge in [0.15, 0.2) is 0 Å². The van der Waals surface area contributed by atoms with Crippen LogP contribution in [0.1, 0.15) is 24.9 Å². The third-order valence-corrected chi connectivity index (χ3v) is 4.18. The maximum atomic E-state index is 10.2. The van der Waals surface area contributed by atoms with E-state index in [1.54, 1.807) is 7.11 Å². The van der Waals surface area contributed by atoms with Gasteiger partial charge in [-0.15, -0.1) is 0 Å². The van der Waals surface area contributed by atoms with Gasteiger partial charge < -0.3 is 19.9 Å². The average molecular weight is 330 g/mol. The van der Waals surface area contributed by atoms with Crippen molar-refractivity contribution in [1.82, 2.24) is 5.32 Å². The van der Waals surface area contributed by atoms with Gasteiger partial charge in [-0.25, -0.2) is 0 Å². The molecule has 0 spiro atoms. The first-order valence-corrected chi connectivity index (χ1v) is 7.20. The summed E-state index contributed by atoms with van der Waals surface area (Å²) in [5, 5.41) is 13.6. The molecule has 2 rings (SSSR count). The predicted octanol–water partition coefficient (Wildman–Crippen LogP) is 2.26. The van der Waals surface area contributed by atoms with Crippen molar-refractivity contribution in [2.24, 2.45) is 0 Å². The Hall–Kier alpha value is -0.620. The summed E-state index contributed by atoms with van der Waals surface area (Å²) < 4.78 is 11.4. The number of hydrogen-bond donors (Lipinski definition) is 2. The fraction of sp³-hybridized carbons (Fsp3) is 0.571. The van der Waals surface area contributed by atoms with Crippen molar-refractivity contribution < 1.29 is 14.6 Å². The standard InChI is InChI=1S/C14H20BrNO3/c1-10(16-8-14(17)5-6-19-9-14)12-4-3-11(18-2)7-13(12)15/h3-4,7,10,16-17H,5-6,8-9H2,1-2H3. The van der Waals surface area contributed by atoms with E-state index in [0.717, 1.165) is 15.8 Å². The van der Waals surface area contributed by atoms with Gasteiger partial charge in [0.25, 0.3) is 0 Å². The first-order chi connectivity index (χ1) is 9.04. The van der Waals surface area contributed by atoms with E-state index >= 15 is 0 Å². The van der Waals surface area contributed by atoms with Crippen molar-refractivity contribution in [3.05, 3.63) is 28.2 Å². The minimum Gasteiger partial charge on any atom is -0.497 e. The van der Waals surface area contributed by atoms with E-state index in [4.69, 9.17) is 9.47 Å². The molecule has 2 N–H and O–H groups in total. The van der Waals surface area contributed by atoms with E-state index < -0.39 is 5.60 Å². The van der Waals surface area contributed by atoms with Crippen LogP contribution in [0.15, 0.2) is 22.7 Å². The fourth-order valence-corrected chi connectivity index (χ4v) is 2.88. The lowest BCUT2D eigenvalue weighted by atomic mass is 10.0. The highest BCUT2D eigenvalue weighted by Crippen LogP contribution is 2.28. The second-order valence-corrected chi connectivity index (χ2v) is 5.87. The van der Waals surface area contributed by atoms with Crippen LogP contribution in [0.2, 0.25) is 0 Å². The zero-order valence-corrected chi connectivity index (χ0v) is 12.9. The summed E-state index contributed by atoms with van der Waals surface area (Å²) in [5.41, 5.74) is 0.413. The fourth-order valence-electron chi connectivity index (χ4n) is 2.17. The number of nitrogens with one attached hydrogen (secondary N) is 1. The summed E-state index contributed by atoms with van der Waals surface area (Å²) in [6, 6.07) is 6.05. The first-order valence-electron chi connectivity index (χ1n) is 6.41. The number of benzene rings is 1. The lowest BCUT2D eigenvalue weighted by Crippen LogP contribution is -2.41. The molecule has 2 unspecified atom stereocenters. The minimum atomic E-state index is -0.729. The Kier molecular flexibility index (Phi) is 4.84. The molecule has 106 valence electrons. The van der Waals surface area contributed by atoms with Crippen LogP contribution >= 0.6 is 15.9 Å². The van der Waals surface area contributed by atoms with Crippen molar-refractivity contribution in [3.8, 4) is 5.75 Å². The van der Waals surface area contributed by atoms with Gasteiger partial charge in [0.05, 0.1) is 13.7 Å². The molecule has 0 aliphatic carbocycles. The van der Waals surface area contributed by atoms with Gasteiger partial charge in [-0.1, -0.05) is 22.0 Å².